The third-order valence-corrected chi connectivity index (χ3v) is 4.38. The molecule has 0 radical (unpaired) electrons. The summed E-state index contributed by atoms with van der Waals surface area (Å²) in [6.45, 7) is 6.14. The van der Waals surface area contributed by atoms with Crippen LogP contribution >= 0.6 is 11.3 Å². The molecule has 4 nitrogen and oxygen atoms in total. The lowest BCUT2D eigenvalue weighted by Gasteiger charge is -2.17. The molecule has 0 aliphatic carbocycles. The number of thiazole rings is 1. The molecular weight excluding hydrogens is 270 g/mol. The maximum atomic E-state index is 11.6. The van der Waals surface area contributed by atoms with E-state index in [0.29, 0.717) is 5.56 Å². The largest absolute Gasteiger partial charge is 0.377 e. The number of hydrogen-bond donors (Lipinski definition) is 2. The molecule has 0 aliphatic rings. The Morgan fingerprint density at radius 3 is 2.65 bits per heavy atom. The number of benzene rings is 1. The van der Waals surface area contributed by atoms with Crippen molar-refractivity contribution in [3.8, 4) is 0 Å². The summed E-state index contributed by atoms with van der Waals surface area (Å²) in [5.74, 6) is -0.0639. The van der Waals surface area contributed by atoms with Gasteiger partial charge in [-0.3, -0.25) is 4.79 Å². The first-order valence-corrected chi connectivity index (χ1v) is 7.40. The highest BCUT2D eigenvalue weighted by Crippen LogP contribution is 2.27. The Labute approximate surface area is 123 Å². The zero-order valence-electron chi connectivity index (χ0n) is 12.2. The van der Waals surface area contributed by atoms with Gasteiger partial charge in [0.05, 0.1) is 17.2 Å². The van der Waals surface area contributed by atoms with Gasteiger partial charge in [0.2, 0.25) is 0 Å². The van der Waals surface area contributed by atoms with Crippen LogP contribution in [0.1, 0.15) is 39.5 Å². The normalized spacial score (nSPS) is 12.0. The summed E-state index contributed by atoms with van der Waals surface area (Å²) in [6.07, 6.45) is 0. The lowest BCUT2D eigenvalue weighted by Crippen LogP contribution is -2.18. The van der Waals surface area contributed by atoms with E-state index in [0.717, 1.165) is 16.9 Å². The van der Waals surface area contributed by atoms with Crippen molar-refractivity contribution in [1.82, 2.24) is 10.3 Å². The van der Waals surface area contributed by atoms with Crippen LogP contribution in [0, 0.1) is 13.8 Å². The Kier molecular flexibility index (Phi) is 4.39. The van der Waals surface area contributed by atoms with Gasteiger partial charge in [0, 0.05) is 23.2 Å². The first kappa shape index (κ1) is 14.5. The molecule has 0 fully saturated rings. The molecule has 0 bridgehead atoms. The third-order valence-electron chi connectivity index (χ3n) is 3.26. The van der Waals surface area contributed by atoms with Gasteiger partial charge < -0.3 is 10.6 Å². The molecule has 1 amide bonds. The predicted molar refractivity (Wildman–Crippen MR) is 83.5 cm³/mol. The molecule has 20 heavy (non-hydrogen) atoms. The summed E-state index contributed by atoms with van der Waals surface area (Å²) in [5.41, 5.74) is 5.70. The van der Waals surface area contributed by atoms with Gasteiger partial charge in [-0.1, -0.05) is 0 Å². The number of hydrogen-bond acceptors (Lipinski definition) is 4. The number of aromatic nitrogens is 1. The SMILES string of the molecule is CNC(=O)c1ccc(NC(C)c2scnc2C)c(C)c1. The van der Waals surface area contributed by atoms with Crippen LogP contribution in [0.3, 0.4) is 0 Å². The van der Waals surface area contributed by atoms with E-state index in [4.69, 9.17) is 0 Å². The van der Waals surface area contributed by atoms with Crippen molar-refractivity contribution in [3.63, 3.8) is 0 Å². The fourth-order valence-electron chi connectivity index (χ4n) is 2.14. The number of nitrogens with zero attached hydrogens (tertiary/aromatic N) is 1. The molecular formula is C15H19N3OS. The van der Waals surface area contributed by atoms with Gasteiger partial charge in [-0.2, -0.15) is 0 Å². The highest BCUT2D eigenvalue weighted by molar-refractivity contribution is 7.09. The Bertz CT molecular complexity index is 621. The van der Waals surface area contributed by atoms with Crippen molar-refractivity contribution in [3.05, 3.63) is 45.4 Å². The van der Waals surface area contributed by atoms with Gasteiger partial charge in [-0.25, -0.2) is 4.98 Å². The molecule has 1 atom stereocenters. The van der Waals surface area contributed by atoms with E-state index < -0.39 is 0 Å². The van der Waals surface area contributed by atoms with Crippen LogP contribution in [0.5, 0.6) is 0 Å². The topological polar surface area (TPSA) is 54.0 Å². The summed E-state index contributed by atoms with van der Waals surface area (Å²) in [6, 6.07) is 5.88. The average Bonchev–Trinajstić information content (AvgIpc) is 2.86. The fraction of sp³-hybridized carbons (Fsp3) is 0.333. The quantitative estimate of drug-likeness (QED) is 0.908. The van der Waals surface area contributed by atoms with E-state index in [9.17, 15) is 4.79 Å². The van der Waals surface area contributed by atoms with Gasteiger partial charge in [-0.15, -0.1) is 11.3 Å². The minimum Gasteiger partial charge on any atom is -0.377 e. The number of rotatable bonds is 4. The lowest BCUT2D eigenvalue weighted by atomic mass is 10.1. The summed E-state index contributed by atoms with van der Waals surface area (Å²) in [4.78, 5) is 17.1. The van der Waals surface area contributed by atoms with Crippen LogP contribution in [0.25, 0.3) is 0 Å². The van der Waals surface area contributed by atoms with Crippen molar-refractivity contribution in [1.29, 1.82) is 0 Å². The molecule has 2 aromatic rings. The van der Waals surface area contributed by atoms with Crippen LogP contribution in [0.2, 0.25) is 0 Å². The highest BCUT2D eigenvalue weighted by Gasteiger charge is 2.12. The molecule has 5 heteroatoms. The second-order valence-corrected chi connectivity index (χ2v) is 5.66. The zero-order chi connectivity index (χ0) is 14.7. The van der Waals surface area contributed by atoms with Crippen molar-refractivity contribution in [2.45, 2.75) is 26.8 Å². The zero-order valence-corrected chi connectivity index (χ0v) is 13.0. The van der Waals surface area contributed by atoms with Gasteiger partial charge in [0.15, 0.2) is 0 Å². The van der Waals surface area contributed by atoms with E-state index in [2.05, 4.69) is 22.5 Å². The molecule has 0 spiro atoms. The standard InChI is InChI=1S/C15H19N3OS/c1-9-7-12(15(19)16-4)5-6-13(9)18-11(3)14-10(2)17-8-20-14/h5-8,11,18H,1-4H3,(H,16,19). The van der Waals surface area contributed by atoms with E-state index in [-0.39, 0.29) is 11.9 Å². The Morgan fingerprint density at radius 2 is 2.10 bits per heavy atom. The van der Waals surface area contributed by atoms with Gasteiger partial charge in [-0.05, 0) is 44.5 Å². The number of aryl methyl sites for hydroxylation is 2. The summed E-state index contributed by atoms with van der Waals surface area (Å²) < 4.78 is 0. The fourth-order valence-corrected chi connectivity index (χ4v) is 2.95. The molecule has 1 aromatic heterocycles. The highest BCUT2D eigenvalue weighted by atomic mass is 32.1. The molecule has 2 N–H and O–H groups in total. The number of carbonyl (C=O) groups excluding carboxylic acids is 1. The summed E-state index contributed by atoms with van der Waals surface area (Å²) in [5, 5.41) is 6.11. The third kappa shape index (κ3) is 2.99. The molecule has 0 aliphatic heterocycles. The Balaban J connectivity index is 2.18. The van der Waals surface area contributed by atoms with Crippen LogP contribution in [0.15, 0.2) is 23.7 Å². The van der Waals surface area contributed by atoms with E-state index in [1.54, 1.807) is 18.4 Å². The van der Waals surface area contributed by atoms with E-state index in [1.807, 2.05) is 37.6 Å². The maximum absolute atomic E-state index is 11.6. The first-order chi connectivity index (χ1) is 9.52. The molecule has 106 valence electrons. The minimum absolute atomic E-state index is 0.0639. The summed E-state index contributed by atoms with van der Waals surface area (Å²) in [7, 11) is 1.64. The summed E-state index contributed by atoms with van der Waals surface area (Å²) >= 11 is 1.66. The minimum atomic E-state index is -0.0639. The number of amides is 1. The number of carbonyl (C=O) groups is 1. The molecule has 1 heterocycles. The van der Waals surface area contributed by atoms with Crippen LogP contribution in [-0.2, 0) is 0 Å². The van der Waals surface area contributed by atoms with Gasteiger partial charge in [0.25, 0.3) is 5.91 Å². The van der Waals surface area contributed by atoms with E-state index >= 15 is 0 Å². The monoisotopic (exact) mass is 289 g/mol. The predicted octanol–water partition coefficient (Wildman–Crippen LogP) is 3.29. The van der Waals surface area contributed by atoms with Crippen molar-refractivity contribution < 1.29 is 4.79 Å². The Hall–Kier alpha value is -1.88. The van der Waals surface area contributed by atoms with Gasteiger partial charge >= 0.3 is 0 Å². The van der Waals surface area contributed by atoms with Crippen LogP contribution in [0.4, 0.5) is 5.69 Å². The second-order valence-electron chi connectivity index (χ2n) is 4.78. The van der Waals surface area contributed by atoms with Crippen molar-refractivity contribution in [2.75, 3.05) is 12.4 Å². The molecule has 0 saturated carbocycles. The number of nitrogens with one attached hydrogen (secondary N) is 2. The smallest absolute Gasteiger partial charge is 0.251 e. The maximum Gasteiger partial charge on any atom is 0.251 e. The van der Waals surface area contributed by atoms with Gasteiger partial charge in [0.1, 0.15) is 0 Å². The van der Waals surface area contributed by atoms with E-state index in [1.165, 1.54) is 4.88 Å². The molecule has 0 saturated heterocycles. The molecule has 1 aromatic carbocycles. The first-order valence-electron chi connectivity index (χ1n) is 6.52. The molecule has 1 unspecified atom stereocenters. The van der Waals surface area contributed by atoms with Crippen molar-refractivity contribution in [2.24, 2.45) is 0 Å². The number of anilines is 1. The Morgan fingerprint density at radius 1 is 1.35 bits per heavy atom. The average molecular weight is 289 g/mol. The molecule has 2 rings (SSSR count). The second kappa shape index (κ2) is 6.05. The van der Waals surface area contributed by atoms with Crippen molar-refractivity contribution >= 4 is 22.9 Å². The van der Waals surface area contributed by atoms with Crippen LogP contribution in [-0.4, -0.2) is 17.9 Å². The van der Waals surface area contributed by atoms with Crippen LogP contribution < -0.4 is 10.6 Å². The lowest BCUT2D eigenvalue weighted by molar-refractivity contribution is 0.0963.